The lowest BCUT2D eigenvalue weighted by Gasteiger charge is -2.09. The summed E-state index contributed by atoms with van der Waals surface area (Å²) in [6, 6.07) is 5.89. The van der Waals surface area contributed by atoms with E-state index in [1.54, 1.807) is 6.07 Å². The second-order valence-electron chi connectivity index (χ2n) is 4.45. The third-order valence-corrected chi connectivity index (χ3v) is 2.98. The molecule has 0 aromatic heterocycles. The van der Waals surface area contributed by atoms with E-state index in [0.717, 1.165) is 4.90 Å². The van der Waals surface area contributed by atoms with Gasteiger partial charge in [-0.1, -0.05) is 6.08 Å². The minimum atomic E-state index is -0.889. The van der Waals surface area contributed by atoms with E-state index < -0.39 is 23.9 Å². The van der Waals surface area contributed by atoms with Gasteiger partial charge in [-0.3, -0.25) is 14.5 Å². The van der Waals surface area contributed by atoms with Crippen molar-refractivity contribution >= 4 is 17.8 Å². The molecule has 1 heterocycles. The molecule has 0 aliphatic carbocycles. The number of carbonyl (C=O) groups is 3. The number of fused-ring (bicyclic) bond motifs is 1. The summed E-state index contributed by atoms with van der Waals surface area (Å²) in [4.78, 5) is 37.0. The Morgan fingerprint density at radius 2 is 2.10 bits per heavy atom. The largest absolute Gasteiger partial charge is 0.444 e. The van der Waals surface area contributed by atoms with Gasteiger partial charge in [-0.25, -0.2) is 4.79 Å². The Bertz CT molecular complexity index is 687. The number of amides is 2. The van der Waals surface area contributed by atoms with Crippen LogP contribution in [-0.4, -0.2) is 35.3 Å². The second-order valence-corrected chi connectivity index (χ2v) is 4.45. The van der Waals surface area contributed by atoms with Crippen molar-refractivity contribution < 1.29 is 19.1 Å². The van der Waals surface area contributed by atoms with E-state index in [9.17, 15) is 14.4 Å². The highest BCUT2D eigenvalue weighted by Gasteiger charge is 2.35. The quantitative estimate of drug-likeness (QED) is 0.475. The predicted molar refractivity (Wildman–Crippen MR) is 72.5 cm³/mol. The van der Waals surface area contributed by atoms with E-state index in [2.05, 4.69) is 6.58 Å². The third-order valence-electron chi connectivity index (χ3n) is 2.98. The maximum absolute atomic E-state index is 12.1. The molecule has 1 aromatic rings. The number of nitriles is 1. The van der Waals surface area contributed by atoms with Crippen LogP contribution in [0.15, 0.2) is 30.9 Å². The molecular weight excluding hydrogens is 272 g/mol. The van der Waals surface area contributed by atoms with Crippen molar-refractivity contribution in [2.45, 2.75) is 13.0 Å². The molecule has 1 atom stereocenters. The van der Waals surface area contributed by atoms with Crippen molar-refractivity contribution in [2.75, 3.05) is 6.54 Å². The number of ether oxygens (including phenoxy) is 1. The smallest absolute Gasteiger partial charge is 0.339 e. The predicted octanol–water partition coefficient (Wildman–Crippen LogP) is 1.54. The maximum atomic E-state index is 12.1. The SMILES string of the molecule is C=CCN1C(=O)c2ccc(C(=O)O[C@@H](C)C#N)cc2C1=O. The first kappa shape index (κ1) is 14.5. The van der Waals surface area contributed by atoms with Crippen LogP contribution in [0, 0.1) is 11.3 Å². The number of carbonyl (C=O) groups excluding carboxylic acids is 3. The van der Waals surface area contributed by atoms with Crippen LogP contribution in [0.3, 0.4) is 0 Å². The van der Waals surface area contributed by atoms with Crippen molar-refractivity contribution in [3.05, 3.63) is 47.5 Å². The molecule has 0 radical (unpaired) electrons. The Morgan fingerprint density at radius 1 is 1.43 bits per heavy atom. The van der Waals surface area contributed by atoms with E-state index in [4.69, 9.17) is 10.00 Å². The number of esters is 1. The van der Waals surface area contributed by atoms with Gasteiger partial charge in [-0.15, -0.1) is 6.58 Å². The standard InChI is InChI=1S/C15H12N2O4/c1-3-6-17-13(18)11-5-4-10(7-12(11)14(17)19)15(20)21-9(2)8-16/h3-5,7,9H,1,6H2,2H3/t9-/m0/s1. The van der Waals surface area contributed by atoms with Gasteiger partial charge in [-0.05, 0) is 25.1 Å². The summed E-state index contributed by atoms with van der Waals surface area (Å²) in [5, 5.41) is 8.61. The number of nitrogens with zero attached hydrogens (tertiary/aromatic N) is 2. The van der Waals surface area contributed by atoms with Gasteiger partial charge in [0.15, 0.2) is 6.10 Å². The maximum Gasteiger partial charge on any atom is 0.339 e. The van der Waals surface area contributed by atoms with Crippen molar-refractivity contribution in [3.8, 4) is 6.07 Å². The Hall–Kier alpha value is -2.94. The first-order chi connectivity index (χ1) is 9.99. The minimum absolute atomic E-state index is 0.109. The highest BCUT2D eigenvalue weighted by Crippen LogP contribution is 2.24. The number of hydrogen-bond donors (Lipinski definition) is 0. The molecule has 0 fully saturated rings. The average molecular weight is 284 g/mol. The van der Waals surface area contributed by atoms with Crippen LogP contribution in [-0.2, 0) is 4.74 Å². The molecule has 106 valence electrons. The van der Waals surface area contributed by atoms with Crippen molar-refractivity contribution in [2.24, 2.45) is 0 Å². The minimum Gasteiger partial charge on any atom is -0.444 e. The zero-order valence-electron chi connectivity index (χ0n) is 11.3. The molecule has 6 heteroatoms. The highest BCUT2D eigenvalue weighted by atomic mass is 16.5. The van der Waals surface area contributed by atoms with E-state index in [1.165, 1.54) is 31.2 Å². The van der Waals surface area contributed by atoms with E-state index in [1.807, 2.05) is 0 Å². The molecule has 1 aliphatic heterocycles. The molecule has 0 saturated carbocycles. The fourth-order valence-corrected chi connectivity index (χ4v) is 1.97. The molecule has 0 bridgehead atoms. The van der Waals surface area contributed by atoms with Gasteiger partial charge in [0.05, 0.1) is 16.7 Å². The van der Waals surface area contributed by atoms with Crippen LogP contribution in [0.25, 0.3) is 0 Å². The summed E-state index contributed by atoms with van der Waals surface area (Å²) in [5.74, 6) is -1.60. The first-order valence-electron chi connectivity index (χ1n) is 6.21. The Balaban J connectivity index is 2.32. The summed E-state index contributed by atoms with van der Waals surface area (Å²) in [6.45, 7) is 5.04. The summed E-state index contributed by atoms with van der Waals surface area (Å²) in [5.41, 5.74) is 0.519. The zero-order chi connectivity index (χ0) is 15.6. The van der Waals surface area contributed by atoms with Gasteiger partial charge < -0.3 is 4.74 Å². The van der Waals surface area contributed by atoms with Crippen molar-refractivity contribution in [1.29, 1.82) is 5.26 Å². The molecule has 2 amide bonds. The molecule has 6 nitrogen and oxygen atoms in total. The van der Waals surface area contributed by atoms with E-state index >= 15 is 0 Å². The zero-order valence-corrected chi connectivity index (χ0v) is 11.3. The second kappa shape index (κ2) is 5.59. The van der Waals surface area contributed by atoms with E-state index in [0.29, 0.717) is 0 Å². The molecular formula is C15H12N2O4. The lowest BCUT2D eigenvalue weighted by Crippen LogP contribution is -2.29. The van der Waals surface area contributed by atoms with Crippen LogP contribution in [0.1, 0.15) is 38.0 Å². The Labute approximate surface area is 121 Å². The van der Waals surface area contributed by atoms with Gasteiger partial charge in [0.1, 0.15) is 6.07 Å². The van der Waals surface area contributed by atoms with Crippen molar-refractivity contribution in [1.82, 2.24) is 4.90 Å². The van der Waals surface area contributed by atoms with Gasteiger partial charge in [0.2, 0.25) is 0 Å². The Morgan fingerprint density at radius 3 is 2.71 bits per heavy atom. The summed E-state index contributed by atoms with van der Waals surface area (Å²) < 4.78 is 4.86. The van der Waals surface area contributed by atoms with Gasteiger partial charge in [-0.2, -0.15) is 5.26 Å². The van der Waals surface area contributed by atoms with Crippen LogP contribution < -0.4 is 0 Å². The average Bonchev–Trinajstić information content (AvgIpc) is 2.72. The van der Waals surface area contributed by atoms with Crippen LogP contribution in [0.4, 0.5) is 0 Å². The summed E-state index contributed by atoms with van der Waals surface area (Å²) >= 11 is 0. The lowest BCUT2D eigenvalue weighted by molar-refractivity contribution is 0.0435. The van der Waals surface area contributed by atoms with E-state index in [-0.39, 0.29) is 23.2 Å². The van der Waals surface area contributed by atoms with Crippen molar-refractivity contribution in [3.63, 3.8) is 0 Å². The Kier molecular flexibility index (Phi) is 3.85. The van der Waals surface area contributed by atoms with Gasteiger partial charge in [0, 0.05) is 6.54 Å². The molecule has 1 aliphatic rings. The number of hydrogen-bond acceptors (Lipinski definition) is 5. The molecule has 0 unspecified atom stereocenters. The molecule has 21 heavy (non-hydrogen) atoms. The van der Waals surface area contributed by atoms with Crippen LogP contribution in [0.5, 0.6) is 0 Å². The fourth-order valence-electron chi connectivity index (χ4n) is 1.97. The molecule has 0 saturated heterocycles. The van der Waals surface area contributed by atoms with Crippen LogP contribution >= 0.6 is 0 Å². The highest BCUT2D eigenvalue weighted by molar-refractivity contribution is 6.22. The fraction of sp³-hybridized carbons (Fsp3) is 0.200. The van der Waals surface area contributed by atoms with Gasteiger partial charge in [0.25, 0.3) is 11.8 Å². The molecule has 0 N–H and O–H groups in total. The number of benzene rings is 1. The molecule has 2 rings (SSSR count). The lowest BCUT2D eigenvalue weighted by atomic mass is 10.1. The third kappa shape index (κ3) is 2.54. The number of imide groups is 1. The molecule has 1 aromatic carbocycles. The molecule has 0 spiro atoms. The summed E-state index contributed by atoms with van der Waals surface area (Å²) in [7, 11) is 0. The normalized spacial score (nSPS) is 14.4. The topological polar surface area (TPSA) is 87.5 Å². The van der Waals surface area contributed by atoms with Gasteiger partial charge >= 0.3 is 5.97 Å². The first-order valence-corrected chi connectivity index (χ1v) is 6.21. The monoisotopic (exact) mass is 284 g/mol. The van der Waals surface area contributed by atoms with Crippen LogP contribution in [0.2, 0.25) is 0 Å². The summed E-state index contributed by atoms with van der Waals surface area (Å²) in [6.07, 6.45) is 0.561. The number of rotatable bonds is 4.